The summed E-state index contributed by atoms with van der Waals surface area (Å²) >= 11 is 6.11. The van der Waals surface area contributed by atoms with Gasteiger partial charge in [-0.3, -0.25) is 0 Å². The van der Waals surface area contributed by atoms with Gasteiger partial charge in [0.25, 0.3) is 0 Å². The Bertz CT molecular complexity index is 327. The van der Waals surface area contributed by atoms with Crippen molar-refractivity contribution < 1.29 is 0 Å². The number of hydrogen-bond donors (Lipinski definition) is 0. The highest BCUT2D eigenvalue weighted by atomic mass is 32.2. The zero-order chi connectivity index (χ0) is 16.6. The molecule has 0 saturated carbocycles. The van der Waals surface area contributed by atoms with Crippen molar-refractivity contribution in [3.63, 3.8) is 0 Å². The van der Waals surface area contributed by atoms with E-state index in [9.17, 15) is 0 Å². The first-order chi connectivity index (χ1) is 11.4. The molecule has 0 N–H and O–H groups in total. The fourth-order valence-electron chi connectivity index (χ4n) is 2.61. The zero-order valence-corrected chi connectivity index (χ0v) is 17.7. The Morgan fingerprint density at radius 2 is 1.22 bits per heavy atom. The van der Waals surface area contributed by atoms with Gasteiger partial charge in [0, 0.05) is 4.90 Å². The van der Waals surface area contributed by atoms with E-state index < -0.39 is 0 Å². The molecule has 1 rings (SSSR count). The van der Waals surface area contributed by atoms with Gasteiger partial charge in [0.1, 0.15) is 0 Å². The number of unbranched alkanes of at least 4 members (excludes halogenated alkanes) is 10. The lowest BCUT2D eigenvalue weighted by Crippen LogP contribution is -1.84. The van der Waals surface area contributed by atoms with Crippen LogP contribution in [0.15, 0.2) is 20.6 Å². The second-order valence-corrected chi connectivity index (χ2v) is 9.72. The van der Waals surface area contributed by atoms with Gasteiger partial charge in [0.05, 0.1) is 4.21 Å². The molecule has 0 radical (unpaired) electrons. The Balaban J connectivity index is 2.04. The number of thiophene rings is 1. The average Bonchev–Trinajstić information content (AvgIpc) is 3.00. The normalized spacial score (nSPS) is 11.2. The summed E-state index contributed by atoms with van der Waals surface area (Å²) < 4.78 is 1.56. The molecular weight excluding hydrogens is 336 g/mol. The molecule has 1 heterocycles. The van der Waals surface area contributed by atoms with Gasteiger partial charge in [-0.2, -0.15) is 0 Å². The molecule has 134 valence electrons. The maximum Gasteiger partial charge on any atom is 0.0734 e. The quantitative estimate of drug-likeness (QED) is 0.210. The first-order valence-corrected chi connectivity index (χ1v) is 12.6. The van der Waals surface area contributed by atoms with Crippen molar-refractivity contribution >= 4 is 34.9 Å². The summed E-state index contributed by atoms with van der Waals surface area (Å²) in [5.41, 5.74) is 0. The largest absolute Gasteiger partial charge is 0.136 e. The predicted octanol–water partition coefficient (Wildman–Crippen LogP) is 8.65. The minimum atomic E-state index is 1.30. The molecule has 1 aromatic heterocycles. The molecule has 0 fully saturated rings. The average molecular weight is 373 g/mol. The number of hydrogen-bond acceptors (Lipinski definition) is 3. The van der Waals surface area contributed by atoms with Gasteiger partial charge >= 0.3 is 0 Å². The van der Waals surface area contributed by atoms with Crippen molar-refractivity contribution in [2.45, 2.75) is 100 Å². The molecule has 0 nitrogen and oxygen atoms in total. The monoisotopic (exact) mass is 372 g/mol. The highest BCUT2D eigenvalue weighted by Crippen LogP contribution is 2.36. The third-order valence-corrected chi connectivity index (χ3v) is 7.81. The second kappa shape index (κ2) is 15.9. The van der Waals surface area contributed by atoms with Crippen molar-refractivity contribution in [1.82, 2.24) is 0 Å². The summed E-state index contributed by atoms with van der Waals surface area (Å²) in [5.74, 6) is 2.60. The summed E-state index contributed by atoms with van der Waals surface area (Å²) in [6.45, 7) is 4.58. The Kier molecular flexibility index (Phi) is 14.8. The molecular formula is C20H36S3. The lowest BCUT2D eigenvalue weighted by atomic mass is 10.1. The van der Waals surface area contributed by atoms with Crippen LogP contribution in [0.25, 0.3) is 0 Å². The molecule has 0 unspecified atom stereocenters. The van der Waals surface area contributed by atoms with E-state index >= 15 is 0 Å². The lowest BCUT2D eigenvalue weighted by molar-refractivity contribution is 0.627. The van der Waals surface area contributed by atoms with E-state index in [0.717, 1.165) is 0 Å². The summed E-state index contributed by atoms with van der Waals surface area (Å²) in [7, 11) is 0. The van der Waals surface area contributed by atoms with E-state index in [-0.39, 0.29) is 0 Å². The van der Waals surface area contributed by atoms with Crippen LogP contribution >= 0.6 is 34.9 Å². The van der Waals surface area contributed by atoms with Gasteiger partial charge in [-0.15, -0.1) is 34.9 Å². The van der Waals surface area contributed by atoms with Crippen LogP contribution in [-0.4, -0.2) is 11.5 Å². The van der Waals surface area contributed by atoms with E-state index in [1.54, 1.807) is 9.10 Å². The van der Waals surface area contributed by atoms with E-state index in [2.05, 4.69) is 48.8 Å². The second-order valence-electron chi connectivity index (χ2n) is 6.30. The molecule has 0 aromatic carbocycles. The van der Waals surface area contributed by atoms with Crippen molar-refractivity contribution in [3.8, 4) is 0 Å². The maximum atomic E-state index is 2.33. The summed E-state index contributed by atoms with van der Waals surface area (Å²) in [6.07, 6.45) is 16.8. The molecule has 0 bridgehead atoms. The van der Waals surface area contributed by atoms with Crippen LogP contribution in [0.2, 0.25) is 0 Å². The molecule has 0 aliphatic heterocycles. The third kappa shape index (κ3) is 11.6. The number of rotatable bonds is 16. The smallest absolute Gasteiger partial charge is 0.0734 e. The number of thioether (sulfide) groups is 2. The van der Waals surface area contributed by atoms with E-state index in [4.69, 9.17) is 0 Å². The van der Waals surface area contributed by atoms with Gasteiger partial charge in [-0.25, -0.2) is 0 Å². The fourth-order valence-corrected chi connectivity index (χ4v) is 6.16. The third-order valence-electron chi connectivity index (χ3n) is 4.08. The molecule has 0 saturated heterocycles. The Morgan fingerprint density at radius 1 is 0.696 bits per heavy atom. The highest BCUT2D eigenvalue weighted by Gasteiger charge is 2.05. The minimum absolute atomic E-state index is 1.30. The van der Waals surface area contributed by atoms with Crippen LogP contribution in [0.4, 0.5) is 0 Å². The molecule has 0 spiro atoms. The van der Waals surface area contributed by atoms with Gasteiger partial charge in [-0.05, 0) is 35.8 Å². The molecule has 1 aromatic rings. The fraction of sp³-hybridized carbons (Fsp3) is 0.800. The van der Waals surface area contributed by atoms with E-state index in [0.29, 0.717) is 0 Å². The van der Waals surface area contributed by atoms with E-state index in [1.807, 2.05) is 11.3 Å². The lowest BCUT2D eigenvalue weighted by Gasteiger charge is -2.04. The van der Waals surface area contributed by atoms with Gasteiger partial charge in [0.2, 0.25) is 0 Å². The Hall–Kier alpha value is 0.400. The van der Waals surface area contributed by atoms with Crippen LogP contribution in [-0.2, 0) is 0 Å². The minimum Gasteiger partial charge on any atom is -0.136 e. The van der Waals surface area contributed by atoms with Gasteiger partial charge in [-0.1, -0.05) is 78.1 Å². The SMILES string of the molecule is CCCCCCCCSc1ccsc1SCCCCCCCC. The van der Waals surface area contributed by atoms with E-state index in [1.165, 1.54) is 88.6 Å². The Morgan fingerprint density at radius 3 is 1.83 bits per heavy atom. The summed E-state index contributed by atoms with van der Waals surface area (Å²) in [6, 6.07) is 2.33. The maximum absolute atomic E-state index is 2.33. The van der Waals surface area contributed by atoms with Crippen molar-refractivity contribution in [1.29, 1.82) is 0 Å². The van der Waals surface area contributed by atoms with Crippen LogP contribution in [0.3, 0.4) is 0 Å². The zero-order valence-electron chi connectivity index (χ0n) is 15.3. The van der Waals surface area contributed by atoms with Crippen LogP contribution in [0.5, 0.6) is 0 Å². The summed E-state index contributed by atoms with van der Waals surface area (Å²) in [4.78, 5) is 1.54. The van der Waals surface area contributed by atoms with Crippen LogP contribution < -0.4 is 0 Å². The standard InChI is InChI=1S/C20H36S3/c1-3-5-7-9-11-13-16-21-19-15-18-23-20(19)22-17-14-12-10-8-6-4-2/h15,18H,3-14,16-17H2,1-2H3. The molecule has 3 heteroatoms. The molecule has 0 aliphatic carbocycles. The van der Waals surface area contributed by atoms with Gasteiger partial charge in [0.15, 0.2) is 0 Å². The highest BCUT2D eigenvalue weighted by molar-refractivity contribution is 8.03. The first-order valence-electron chi connectivity index (χ1n) is 9.71. The molecule has 23 heavy (non-hydrogen) atoms. The van der Waals surface area contributed by atoms with Crippen molar-refractivity contribution in [3.05, 3.63) is 11.4 Å². The van der Waals surface area contributed by atoms with Crippen molar-refractivity contribution in [2.24, 2.45) is 0 Å². The molecule has 0 aliphatic rings. The van der Waals surface area contributed by atoms with Crippen LogP contribution in [0, 0.1) is 0 Å². The Labute approximate surface area is 157 Å². The topological polar surface area (TPSA) is 0 Å². The summed E-state index contributed by atoms with van der Waals surface area (Å²) in [5, 5.41) is 2.27. The molecule has 0 atom stereocenters. The first kappa shape index (κ1) is 21.4. The van der Waals surface area contributed by atoms with Crippen LogP contribution in [0.1, 0.15) is 90.9 Å². The van der Waals surface area contributed by atoms with Crippen molar-refractivity contribution in [2.75, 3.05) is 11.5 Å². The van der Waals surface area contributed by atoms with Gasteiger partial charge < -0.3 is 0 Å². The molecule has 0 amide bonds. The predicted molar refractivity (Wildman–Crippen MR) is 113 cm³/mol.